The molecule has 0 aliphatic carbocycles. The number of hydrogen-bond donors (Lipinski definition) is 2. The van der Waals surface area contributed by atoms with Crippen molar-refractivity contribution in [1.82, 2.24) is 20.7 Å². The lowest BCUT2D eigenvalue weighted by molar-refractivity contribution is -0.138. The van der Waals surface area contributed by atoms with Gasteiger partial charge in [-0.1, -0.05) is 23.2 Å². The van der Waals surface area contributed by atoms with Gasteiger partial charge < -0.3 is 5.43 Å². The quantitative estimate of drug-likeness (QED) is 0.478. The van der Waals surface area contributed by atoms with Gasteiger partial charge in [0.05, 0.1) is 10.6 Å². The van der Waals surface area contributed by atoms with Gasteiger partial charge in [0.1, 0.15) is 22.6 Å². The van der Waals surface area contributed by atoms with Crippen LogP contribution in [0.15, 0.2) is 23.4 Å². The third-order valence-electron chi connectivity index (χ3n) is 3.46. The third kappa shape index (κ3) is 2.09. The Balaban J connectivity index is 2.07. The smallest absolute Gasteiger partial charge is 0.260 e. The molecule has 114 valence electrons. The summed E-state index contributed by atoms with van der Waals surface area (Å²) in [5.41, 5.74) is 5.18. The highest BCUT2D eigenvalue weighted by Gasteiger charge is 2.49. The zero-order chi connectivity index (χ0) is 16.0. The summed E-state index contributed by atoms with van der Waals surface area (Å²) in [6.45, 7) is 1.92. The van der Waals surface area contributed by atoms with Gasteiger partial charge in [-0.15, -0.1) is 0 Å². The second-order valence-corrected chi connectivity index (χ2v) is 5.47. The van der Waals surface area contributed by atoms with E-state index in [4.69, 9.17) is 23.2 Å². The van der Waals surface area contributed by atoms with E-state index in [1.54, 1.807) is 6.92 Å². The van der Waals surface area contributed by atoms with Crippen molar-refractivity contribution in [2.45, 2.75) is 13.0 Å². The van der Waals surface area contributed by atoms with Crippen LogP contribution in [0.2, 0.25) is 10.2 Å². The first-order valence-electron chi connectivity index (χ1n) is 6.43. The number of halogens is 2. The maximum absolute atomic E-state index is 12.6. The van der Waals surface area contributed by atoms with E-state index < -0.39 is 23.6 Å². The number of hydrogen-bond acceptors (Lipinski definition) is 6. The van der Waals surface area contributed by atoms with Gasteiger partial charge in [0.15, 0.2) is 0 Å². The number of imide groups is 1. The number of rotatable bonds is 3. The maximum atomic E-state index is 12.6. The fourth-order valence-corrected chi connectivity index (χ4v) is 2.76. The van der Waals surface area contributed by atoms with Crippen LogP contribution in [0, 0.1) is 0 Å². The summed E-state index contributed by atoms with van der Waals surface area (Å²) in [7, 11) is 0. The van der Waals surface area contributed by atoms with Crippen molar-refractivity contribution in [1.29, 1.82) is 0 Å². The molecular weight excluding hydrogens is 331 g/mol. The Morgan fingerprint density at radius 3 is 2.77 bits per heavy atom. The molecule has 2 aliphatic rings. The summed E-state index contributed by atoms with van der Waals surface area (Å²) in [6, 6.07) is 2.02. The minimum atomic E-state index is -0.871. The van der Waals surface area contributed by atoms with E-state index in [1.807, 2.05) is 0 Å². The zero-order valence-corrected chi connectivity index (χ0v) is 12.8. The molecule has 22 heavy (non-hydrogen) atoms. The average molecular weight is 341 g/mol. The van der Waals surface area contributed by atoms with E-state index >= 15 is 0 Å². The molecule has 1 saturated heterocycles. The number of hydrazine groups is 1. The number of amides is 2. The molecule has 1 atom stereocenters. The molecule has 9 heteroatoms. The molecule has 7 nitrogen and oxygen atoms in total. The van der Waals surface area contributed by atoms with Gasteiger partial charge in [-0.05, 0) is 19.1 Å². The van der Waals surface area contributed by atoms with E-state index in [0.717, 1.165) is 4.90 Å². The summed E-state index contributed by atoms with van der Waals surface area (Å²) < 4.78 is 0. The number of nitrogens with one attached hydrogen (secondary N) is 2. The maximum Gasteiger partial charge on any atom is 0.260 e. The zero-order valence-electron chi connectivity index (χ0n) is 11.3. The first kappa shape index (κ1) is 15.0. The van der Waals surface area contributed by atoms with Crippen molar-refractivity contribution in [3.05, 3.63) is 39.3 Å². The molecule has 2 N–H and O–H groups in total. The molecule has 0 saturated carbocycles. The Hall–Kier alpha value is -1.96. The topological polar surface area (TPSA) is 91.4 Å². The lowest BCUT2D eigenvalue weighted by atomic mass is 10.1. The van der Waals surface area contributed by atoms with Crippen LogP contribution in [0.5, 0.6) is 0 Å². The van der Waals surface area contributed by atoms with Crippen molar-refractivity contribution in [2.24, 2.45) is 0 Å². The molecular formula is C13H10Cl2N4O3. The van der Waals surface area contributed by atoms with E-state index in [1.165, 1.54) is 12.1 Å². The average Bonchev–Trinajstić information content (AvgIpc) is 3.02. The van der Waals surface area contributed by atoms with Crippen molar-refractivity contribution in [3.63, 3.8) is 0 Å². The number of ketones is 1. The van der Waals surface area contributed by atoms with Gasteiger partial charge in [0, 0.05) is 6.54 Å². The number of likely N-dealkylation sites (tertiary alicyclic amines) is 1. The van der Waals surface area contributed by atoms with E-state index in [9.17, 15) is 14.4 Å². The van der Waals surface area contributed by atoms with Crippen molar-refractivity contribution in [3.8, 4) is 0 Å². The molecule has 1 fully saturated rings. The normalized spacial score (nSPS) is 20.5. The molecule has 0 radical (unpaired) electrons. The number of carbonyl (C=O) groups excluding carboxylic acids is 3. The van der Waals surface area contributed by atoms with Crippen LogP contribution in [-0.4, -0.2) is 40.1 Å². The molecule has 1 unspecified atom stereocenters. The number of allylic oxidation sites excluding steroid dienone is 1. The lowest BCUT2D eigenvalue weighted by Gasteiger charge is -2.13. The molecule has 2 aliphatic heterocycles. The highest BCUT2D eigenvalue weighted by molar-refractivity contribution is 6.36. The molecule has 0 bridgehead atoms. The fourth-order valence-electron chi connectivity index (χ4n) is 2.42. The molecule has 3 rings (SSSR count). The van der Waals surface area contributed by atoms with Crippen LogP contribution in [0.25, 0.3) is 0 Å². The highest BCUT2D eigenvalue weighted by Crippen LogP contribution is 2.28. The number of likely N-dealkylation sites (N-methyl/N-ethyl adjacent to an activating group) is 1. The minimum Gasteiger partial charge on any atom is -0.316 e. The lowest BCUT2D eigenvalue weighted by Crippen LogP contribution is -2.42. The first-order chi connectivity index (χ1) is 10.5. The summed E-state index contributed by atoms with van der Waals surface area (Å²) in [5.74, 6) is -1.50. The SMILES string of the molecule is CCN1C(=O)C2=C(C(=O)c3nc(Cl)ccc3Cl)NNC2C1=O. The molecule has 0 spiro atoms. The molecule has 0 aromatic carbocycles. The van der Waals surface area contributed by atoms with Crippen LogP contribution < -0.4 is 10.9 Å². The largest absolute Gasteiger partial charge is 0.316 e. The standard InChI is InChI=1S/C13H10Cl2N4O3/c1-2-19-12(21)7-9(17-18-10(7)13(19)22)11(20)8-5(14)3-4-6(15)16-8/h3-4,10,17-18H,2H2,1H3. The third-order valence-corrected chi connectivity index (χ3v) is 3.97. The van der Waals surface area contributed by atoms with E-state index in [-0.39, 0.29) is 33.7 Å². The second kappa shape index (κ2) is 5.35. The molecule has 2 amide bonds. The number of nitrogens with zero attached hydrogens (tertiary/aromatic N) is 2. The first-order valence-corrected chi connectivity index (χ1v) is 7.19. The van der Waals surface area contributed by atoms with Gasteiger partial charge >= 0.3 is 0 Å². The summed E-state index contributed by atoms with van der Waals surface area (Å²) >= 11 is 11.7. The number of aromatic nitrogens is 1. The molecule has 1 aromatic heterocycles. The molecule has 1 aromatic rings. The monoisotopic (exact) mass is 340 g/mol. The van der Waals surface area contributed by atoms with Crippen LogP contribution in [-0.2, 0) is 9.59 Å². The van der Waals surface area contributed by atoms with Gasteiger partial charge in [0.25, 0.3) is 11.8 Å². The summed E-state index contributed by atoms with van der Waals surface area (Å²) in [6.07, 6.45) is 0. The fraction of sp³-hybridized carbons (Fsp3) is 0.231. The Bertz CT molecular complexity index is 747. The van der Waals surface area contributed by atoms with Crippen LogP contribution in [0.4, 0.5) is 0 Å². The van der Waals surface area contributed by atoms with E-state index in [2.05, 4.69) is 15.8 Å². The number of pyridine rings is 1. The summed E-state index contributed by atoms with van der Waals surface area (Å²) in [5, 5.41) is 0.210. The van der Waals surface area contributed by atoms with Gasteiger partial charge in [0.2, 0.25) is 5.78 Å². The van der Waals surface area contributed by atoms with Gasteiger partial charge in [-0.3, -0.25) is 19.3 Å². The Labute approximate surface area is 135 Å². The van der Waals surface area contributed by atoms with E-state index in [0.29, 0.717) is 0 Å². The minimum absolute atomic E-state index is 0.0315. The Morgan fingerprint density at radius 2 is 2.09 bits per heavy atom. The van der Waals surface area contributed by atoms with Crippen LogP contribution in [0.1, 0.15) is 17.4 Å². The number of carbonyl (C=O) groups is 3. The van der Waals surface area contributed by atoms with Crippen molar-refractivity contribution < 1.29 is 14.4 Å². The van der Waals surface area contributed by atoms with Crippen molar-refractivity contribution >= 4 is 40.8 Å². The predicted octanol–water partition coefficient (Wildman–Crippen LogP) is 0.690. The summed E-state index contributed by atoms with van der Waals surface area (Å²) in [4.78, 5) is 41.8. The van der Waals surface area contributed by atoms with Crippen molar-refractivity contribution in [2.75, 3.05) is 6.54 Å². The predicted molar refractivity (Wildman–Crippen MR) is 78.1 cm³/mol. The van der Waals surface area contributed by atoms with Gasteiger partial charge in [-0.2, -0.15) is 0 Å². The van der Waals surface area contributed by atoms with Gasteiger partial charge in [-0.25, -0.2) is 10.4 Å². The number of Topliss-reactive ketones (excluding diaryl/α,β-unsaturated/α-hetero) is 1. The molecule has 3 heterocycles. The Kier molecular flexibility index (Phi) is 3.64. The second-order valence-electron chi connectivity index (χ2n) is 4.67. The highest BCUT2D eigenvalue weighted by atomic mass is 35.5. The van der Waals surface area contributed by atoms with Crippen LogP contribution in [0.3, 0.4) is 0 Å². The van der Waals surface area contributed by atoms with Crippen LogP contribution >= 0.6 is 23.2 Å². The Morgan fingerprint density at radius 1 is 1.36 bits per heavy atom. The number of fused-ring (bicyclic) bond motifs is 1.